The molecule has 0 saturated carbocycles. The molecular formula is C21H24N2O2. The second kappa shape index (κ2) is 6.19. The summed E-state index contributed by atoms with van der Waals surface area (Å²) in [6.07, 6.45) is 5.67. The average molecular weight is 336 g/mol. The molecule has 2 aromatic rings. The first-order valence-electron chi connectivity index (χ1n) is 8.86. The molecule has 1 aliphatic carbocycles. The molecule has 130 valence electrons. The number of ether oxygens (including phenoxy) is 1. The van der Waals surface area contributed by atoms with Crippen molar-refractivity contribution in [2.75, 3.05) is 20.2 Å². The number of carbonyl (C=O) groups is 1. The zero-order chi connectivity index (χ0) is 17.6. The van der Waals surface area contributed by atoms with Gasteiger partial charge in [0.15, 0.2) is 0 Å². The molecule has 2 heterocycles. The van der Waals surface area contributed by atoms with Crippen LogP contribution in [0.25, 0.3) is 17.0 Å². The number of hydrogen-bond acceptors (Lipinski definition) is 3. The van der Waals surface area contributed by atoms with Crippen LogP contribution in [0, 0.1) is 5.92 Å². The van der Waals surface area contributed by atoms with E-state index >= 15 is 0 Å². The fourth-order valence-corrected chi connectivity index (χ4v) is 4.80. The Kier molecular flexibility index (Phi) is 4.00. The van der Waals surface area contributed by atoms with Crippen LogP contribution in [0.1, 0.15) is 29.2 Å². The Bertz CT molecular complexity index is 851. The molecule has 4 nitrogen and oxygen atoms in total. The first kappa shape index (κ1) is 16.2. The van der Waals surface area contributed by atoms with Crippen LogP contribution in [0.4, 0.5) is 0 Å². The number of aromatic nitrogens is 1. The quantitative estimate of drug-likeness (QED) is 0.686. The summed E-state index contributed by atoms with van der Waals surface area (Å²) >= 11 is 0. The highest BCUT2D eigenvalue weighted by atomic mass is 16.5. The van der Waals surface area contributed by atoms with Gasteiger partial charge in [-0.05, 0) is 36.1 Å². The summed E-state index contributed by atoms with van der Waals surface area (Å²) in [6.45, 7) is 9.40. The van der Waals surface area contributed by atoms with Crippen LogP contribution < -0.4 is 0 Å². The van der Waals surface area contributed by atoms with Crippen molar-refractivity contribution in [3.05, 3.63) is 54.3 Å². The van der Waals surface area contributed by atoms with Gasteiger partial charge in [0, 0.05) is 41.6 Å². The smallest absolute Gasteiger partial charge is 0.309 e. The first-order chi connectivity index (χ1) is 12.2. The summed E-state index contributed by atoms with van der Waals surface area (Å²) in [7, 11) is 1.48. The Morgan fingerprint density at radius 2 is 2.28 bits per heavy atom. The van der Waals surface area contributed by atoms with Gasteiger partial charge in [-0.15, -0.1) is 6.58 Å². The second-order valence-corrected chi connectivity index (χ2v) is 7.07. The van der Waals surface area contributed by atoms with Crippen molar-refractivity contribution in [2.45, 2.75) is 24.8 Å². The standard InChI is InChI=1S/C21H24N2O2/c1-4-9-23-12-13(21(24)25-3)10-15-14-7-6-8-18-20(14)16(11-19(15)23)17(5-2)22-18/h4-8,13,15,19,22H,1-2,9-12H2,3H3/t13-,15?,19+/m0/s1. The number of piperidine rings is 1. The maximum atomic E-state index is 12.2. The minimum atomic E-state index is -0.105. The molecule has 1 N–H and O–H groups in total. The summed E-state index contributed by atoms with van der Waals surface area (Å²) in [5.74, 6) is 0.148. The summed E-state index contributed by atoms with van der Waals surface area (Å²) in [5.41, 5.74) is 4.98. The molecule has 0 radical (unpaired) electrons. The molecule has 0 bridgehead atoms. The van der Waals surface area contributed by atoms with E-state index in [9.17, 15) is 4.79 Å². The molecule has 1 aromatic carbocycles. The number of rotatable bonds is 4. The molecule has 4 heteroatoms. The Balaban J connectivity index is 1.84. The molecule has 1 fully saturated rings. The van der Waals surface area contributed by atoms with E-state index in [0.717, 1.165) is 37.1 Å². The average Bonchev–Trinajstić information content (AvgIpc) is 3.01. The summed E-state index contributed by atoms with van der Waals surface area (Å²) in [5, 5.41) is 1.32. The Morgan fingerprint density at radius 3 is 3.00 bits per heavy atom. The second-order valence-electron chi connectivity index (χ2n) is 7.07. The van der Waals surface area contributed by atoms with Crippen molar-refractivity contribution >= 4 is 22.9 Å². The van der Waals surface area contributed by atoms with Gasteiger partial charge in [-0.2, -0.15) is 0 Å². The molecule has 0 amide bonds. The predicted molar refractivity (Wildman–Crippen MR) is 101 cm³/mol. The lowest BCUT2D eigenvalue weighted by Gasteiger charge is -2.46. The molecule has 1 aromatic heterocycles. The van der Waals surface area contributed by atoms with Gasteiger partial charge in [-0.3, -0.25) is 9.69 Å². The zero-order valence-corrected chi connectivity index (χ0v) is 14.6. The SMILES string of the molecule is C=CCN1C[C@@H](C(=O)OC)CC2c3cccc4[nH]c(C=C)c(c34)C[C@H]21. The number of aromatic amines is 1. The van der Waals surface area contributed by atoms with Gasteiger partial charge in [0.05, 0.1) is 13.0 Å². The first-order valence-corrected chi connectivity index (χ1v) is 8.86. The van der Waals surface area contributed by atoms with Crippen molar-refractivity contribution in [3.63, 3.8) is 0 Å². The van der Waals surface area contributed by atoms with Crippen molar-refractivity contribution < 1.29 is 9.53 Å². The van der Waals surface area contributed by atoms with E-state index in [1.54, 1.807) is 0 Å². The molecule has 3 atom stereocenters. The number of hydrogen-bond donors (Lipinski definition) is 1. The Labute approximate surface area is 148 Å². The van der Waals surface area contributed by atoms with Gasteiger partial charge in [0.2, 0.25) is 0 Å². The minimum absolute atomic E-state index is 0.0826. The fourth-order valence-electron chi connectivity index (χ4n) is 4.80. The van der Waals surface area contributed by atoms with E-state index in [0.29, 0.717) is 12.0 Å². The van der Waals surface area contributed by atoms with Crippen LogP contribution in [-0.4, -0.2) is 42.1 Å². The molecule has 25 heavy (non-hydrogen) atoms. The van der Waals surface area contributed by atoms with Crippen molar-refractivity contribution in [2.24, 2.45) is 5.92 Å². The monoisotopic (exact) mass is 336 g/mol. The minimum Gasteiger partial charge on any atom is -0.469 e. The van der Waals surface area contributed by atoms with Crippen molar-refractivity contribution in [1.29, 1.82) is 0 Å². The molecule has 2 aliphatic rings. The zero-order valence-electron chi connectivity index (χ0n) is 14.6. The normalized spacial score (nSPS) is 25.4. The number of fused-ring (bicyclic) bond motifs is 2. The Hall–Kier alpha value is -2.33. The molecular weight excluding hydrogens is 312 g/mol. The van der Waals surface area contributed by atoms with Crippen LogP contribution in [0.3, 0.4) is 0 Å². The molecule has 1 aliphatic heterocycles. The van der Waals surface area contributed by atoms with Crippen LogP contribution in [0.5, 0.6) is 0 Å². The van der Waals surface area contributed by atoms with Gasteiger partial charge in [-0.1, -0.05) is 24.8 Å². The lowest BCUT2D eigenvalue weighted by molar-refractivity contribution is -0.148. The lowest BCUT2D eigenvalue weighted by Crippen LogP contribution is -2.51. The topological polar surface area (TPSA) is 45.3 Å². The van der Waals surface area contributed by atoms with Gasteiger partial charge < -0.3 is 9.72 Å². The van der Waals surface area contributed by atoms with Gasteiger partial charge in [0.1, 0.15) is 0 Å². The summed E-state index contributed by atoms with van der Waals surface area (Å²) < 4.78 is 5.05. The van der Waals surface area contributed by atoms with Crippen molar-refractivity contribution in [1.82, 2.24) is 9.88 Å². The number of carbonyl (C=O) groups excluding carboxylic acids is 1. The van der Waals surface area contributed by atoms with Gasteiger partial charge >= 0.3 is 5.97 Å². The fraction of sp³-hybridized carbons (Fsp3) is 0.381. The number of methoxy groups -OCH3 is 1. The van der Waals surface area contributed by atoms with E-state index in [-0.39, 0.29) is 11.9 Å². The van der Waals surface area contributed by atoms with Crippen LogP contribution in [0.15, 0.2) is 37.4 Å². The summed E-state index contributed by atoms with van der Waals surface area (Å²) in [6, 6.07) is 6.83. The van der Waals surface area contributed by atoms with E-state index in [2.05, 4.69) is 41.2 Å². The largest absolute Gasteiger partial charge is 0.469 e. The number of benzene rings is 1. The van der Waals surface area contributed by atoms with E-state index < -0.39 is 0 Å². The number of H-pyrrole nitrogens is 1. The highest BCUT2D eigenvalue weighted by Gasteiger charge is 2.43. The van der Waals surface area contributed by atoms with Crippen LogP contribution in [0.2, 0.25) is 0 Å². The molecule has 1 unspecified atom stereocenters. The summed E-state index contributed by atoms with van der Waals surface area (Å²) in [4.78, 5) is 18.1. The maximum Gasteiger partial charge on any atom is 0.309 e. The lowest BCUT2D eigenvalue weighted by atomic mass is 9.72. The van der Waals surface area contributed by atoms with E-state index in [4.69, 9.17) is 4.74 Å². The molecule has 4 rings (SSSR count). The highest BCUT2D eigenvalue weighted by molar-refractivity contribution is 5.91. The highest BCUT2D eigenvalue weighted by Crippen LogP contribution is 2.46. The Morgan fingerprint density at radius 1 is 1.44 bits per heavy atom. The number of likely N-dealkylation sites (tertiary alicyclic amines) is 1. The molecule has 1 saturated heterocycles. The third-order valence-electron chi connectivity index (χ3n) is 5.83. The number of nitrogens with zero attached hydrogens (tertiary/aromatic N) is 1. The third kappa shape index (κ3) is 2.44. The van der Waals surface area contributed by atoms with Gasteiger partial charge in [-0.25, -0.2) is 0 Å². The number of esters is 1. The van der Waals surface area contributed by atoms with Crippen molar-refractivity contribution in [3.8, 4) is 0 Å². The van der Waals surface area contributed by atoms with E-state index in [1.807, 2.05) is 12.2 Å². The van der Waals surface area contributed by atoms with Gasteiger partial charge in [0.25, 0.3) is 0 Å². The van der Waals surface area contributed by atoms with E-state index in [1.165, 1.54) is 23.6 Å². The predicted octanol–water partition coefficient (Wildman–Crippen LogP) is 3.50. The number of nitrogens with one attached hydrogen (secondary N) is 1. The third-order valence-corrected chi connectivity index (χ3v) is 5.83. The van der Waals surface area contributed by atoms with Crippen LogP contribution >= 0.6 is 0 Å². The van der Waals surface area contributed by atoms with Crippen LogP contribution in [-0.2, 0) is 16.0 Å². The maximum absolute atomic E-state index is 12.2. The molecule has 0 spiro atoms.